The van der Waals surface area contributed by atoms with Gasteiger partial charge in [-0.25, -0.2) is 0 Å². The maximum absolute atomic E-state index is 10.1. The molecule has 0 radical (unpaired) electrons. The van der Waals surface area contributed by atoms with Crippen LogP contribution in [0.5, 0.6) is 0 Å². The van der Waals surface area contributed by atoms with Gasteiger partial charge in [0.2, 0.25) is 0 Å². The number of quaternary nitrogens is 1. The van der Waals surface area contributed by atoms with Gasteiger partial charge in [0.1, 0.15) is 5.60 Å². The van der Waals surface area contributed by atoms with E-state index in [9.17, 15) is 5.11 Å². The van der Waals surface area contributed by atoms with Gasteiger partial charge in [0, 0.05) is 18.4 Å². The zero-order chi connectivity index (χ0) is 10.6. The molecule has 1 aliphatic heterocycles. The lowest BCUT2D eigenvalue weighted by Crippen LogP contribution is -2.87. The van der Waals surface area contributed by atoms with Gasteiger partial charge in [-0.15, -0.1) is 0 Å². The van der Waals surface area contributed by atoms with E-state index in [0.717, 1.165) is 31.5 Å². The standard InChI is InChI=1S/C13H15NO/c15-13(8-10-14-11-9-13)7-6-12-4-2-1-3-5-12/h1-5,14-15H,8-11H2/p+1. The molecule has 0 bridgehead atoms. The fourth-order valence-corrected chi connectivity index (χ4v) is 1.79. The molecule has 78 valence electrons. The third kappa shape index (κ3) is 2.82. The van der Waals surface area contributed by atoms with Crippen LogP contribution in [-0.4, -0.2) is 23.8 Å². The largest absolute Gasteiger partial charge is 0.377 e. The number of rotatable bonds is 0. The minimum Gasteiger partial charge on any atom is -0.377 e. The smallest absolute Gasteiger partial charge is 0.136 e. The molecule has 0 spiro atoms. The number of piperidine rings is 1. The number of hydrogen-bond acceptors (Lipinski definition) is 1. The summed E-state index contributed by atoms with van der Waals surface area (Å²) in [5, 5.41) is 12.4. The summed E-state index contributed by atoms with van der Waals surface area (Å²) in [5.41, 5.74) is 0.213. The SMILES string of the molecule is OC1(C#Cc2ccccc2)CC[NH2+]CC1. The van der Waals surface area contributed by atoms with Crippen molar-refractivity contribution < 1.29 is 10.4 Å². The van der Waals surface area contributed by atoms with Crippen molar-refractivity contribution in [1.82, 2.24) is 0 Å². The van der Waals surface area contributed by atoms with Crippen LogP contribution in [0.15, 0.2) is 30.3 Å². The first-order valence-corrected chi connectivity index (χ1v) is 5.41. The van der Waals surface area contributed by atoms with E-state index in [1.807, 2.05) is 30.3 Å². The number of nitrogens with two attached hydrogens (primary N) is 1. The van der Waals surface area contributed by atoms with E-state index in [0.29, 0.717) is 0 Å². The Hall–Kier alpha value is -1.30. The van der Waals surface area contributed by atoms with Crippen LogP contribution < -0.4 is 5.32 Å². The molecular weight excluding hydrogens is 186 g/mol. The van der Waals surface area contributed by atoms with Crippen LogP contribution in [0.4, 0.5) is 0 Å². The summed E-state index contributed by atoms with van der Waals surface area (Å²) in [6.07, 6.45) is 1.54. The predicted molar refractivity (Wildman–Crippen MR) is 59.2 cm³/mol. The number of hydrogen-bond donors (Lipinski definition) is 2. The quantitative estimate of drug-likeness (QED) is 0.576. The van der Waals surface area contributed by atoms with Crippen molar-refractivity contribution in [2.45, 2.75) is 18.4 Å². The number of aliphatic hydroxyl groups is 1. The van der Waals surface area contributed by atoms with Crippen molar-refractivity contribution in [1.29, 1.82) is 0 Å². The van der Waals surface area contributed by atoms with Gasteiger partial charge in [-0.3, -0.25) is 0 Å². The Morgan fingerprint density at radius 2 is 1.80 bits per heavy atom. The van der Waals surface area contributed by atoms with Crippen LogP contribution in [-0.2, 0) is 0 Å². The third-order valence-corrected chi connectivity index (χ3v) is 2.74. The molecular formula is C13H16NO+. The Morgan fingerprint density at radius 3 is 2.47 bits per heavy atom. The average Bonchev–Trinajstić information content (AvgIpc) is 2.29. The summed E-state index contributed by atoms with van der Waals surface area (Å²) in [6.45, 7) is 1.94. The first kappa shape index (κ1) is 10.2. The monoisotopic (exact) mass is 202 g/mol. The van der Waals surface area contributed by atoms with Crippen molar-refractivity contribution in [3.05, 3.63) is 35.9 Å². The fraction of sp³-hybridized carbons (Fsp3) is 0.385. The van der Waals surface area contributed by atoms with Crippen molar-refractivity contribution in [3.63, 3.8) is 0 Å². The second-order valence-corrected chi connectivity index (χ2v) is 4.01. The molecule has 1 saturated heterocycles. The highest BCUT2D eigenvalue weighted by molar-refractivity contribution is 5.35. The van der Waals surface area contributed by atoms with Gasteiger partial charge in [-0.05, 0) is 12.1 Å². The molecule has 1 heterocycles. The van der Waals surface area contributed by atoms with E-state index in [4.69, 9.17) is 0 Å². The van der Waals surface area contributed by atoms with E-state index in [2.05, 4.69) is 17.2 Å². The molecule has 0 saturated carbocycles. The molecule has 2 nitrogen and oxygen atoms in total. The maximum atomic E-state index is 10.1. The minimum atomic E-state index is -0.759. The lowest BCUT2D eigenvalue weighted by Gasteiger charge is -2.24. The van der Waals surface area contributed by atoms with Crippen LogP contribution in [0.2, 0.25) is 0 Å². The topological polar surface area (TPSA) is 36.8 Å². The molecule has 1 fully saturated rings. The van der Waals surface area contributed by atoms with Crippen LogP contribution in [0.1, 0.15) is 18.4 Å². The van der Waals surface area contributed by atoms with E-state index in [-0.39, 0.29) is 0 Å². The molecule has 0 amide bonds. The van der Waals surface area contributed by atoms with Gasteiger partial charge in [-0.2, -0.15) is 0 Å². The third-order valence-electron chi connectivity index (χ3n) is 2.74. The van der Waals surface area contributed by atoms with Crippen molar-refractivity contribution in [3.8, 4) is 11.8 Å². The van der Waals surface area contributed by atoms with Crippen LogP contribution in [0, 0.1) is 11.8 Å². The van der Waals surface area contributed by atoms with Crippen molar-refractivity contribution >= 4 is 0 Å². The molecule has 1 aromatic rings. The van der Waals surface area contributed by atoms with Gasteiger partial charge in [0.05, 0.1) is 13.1 Å². The van der Waals surface area contributed by atoms with Crippen molar-refractivity contribution in [2.75, 3.05) is 13.1 Å². The minimum absolute atomic E-state index is 0.759. The fourth-order valence-electron chi connectivity index (χ4n) is 1.79. The molecule has 2 heteroatoms. The normalized spacial score (nSPS) is 19.0. The molecule has 3 N–H and O–H groups in total. The summed E-state index contributed by atoms with van der Waals surface area (Å²) >= 11 is 0. The second-order valence-electron chi connectivity index (χ2n) is 4.01. The summed E-state index contributed by atoms with van der Waals surface area (Å²) in [4.78, 5) is 0. The lowest BCUT2D eigenvalue weighted by atomic mass is 9.93. The number of benzene rings is 1. The molecule has 0 aromatic heterocycles. The zero-order valence-corrected chi connectivity index (χ0v) is 8.74. The predicted octanol–water partition coefficient (Wildman–Crippen LogP) is 0.126. The second kappa shape index (κ2) is 4.48. The highest BCUT2D eigenvalue weighted by atomic mass is 16.3. The molecule has 2 rings (SSSR count). The molecule has 0 aliphatic carbocycles. The summed E-state index contributed by atoms with van der Waals surface area (Å²) in [7, 11) is 0. The highest BCUT2D eigenvalue weighted by Crippen LogP contribution is 2.14. The molecule has 1 aliphatic rings. The first-order chi connectivity index (χ1) is 7.29. The first-order valence-electron chi connectivity index (χ1n) is 5.41. The van der Waals surface area contributed by atoms with Gasteiger partial charge < -0.3 is 10.4 Å². The van der Waals surface area contributed by atoms with Crippen LogP contribution in [0.3, 0.4) is 0 Å². The van der Waals surface area contributed by atoms with E-state index < -0.39 is 5.60 Å². The van der Waals surface area contributed by atoms with Gasteiger partial charge in [-0.1, -0.05) is 30.0 Å². The lowest BCUT2D eigenvalue weighted by molar-refractivity contribution is -0.667. The van der Waals surface area contributed by atoms with Gasteiger partial charge in [0.15, 0.2) is 0 Å². The molecule has 15 heavy (non-hydrogen) atoms. The Labute approximate surface area is 90.3 Å². The summed E-state index contributed by atoms with van der Waals surface area (Å²) in [6, 6.07) is 9.82. The average molecular weight is 202 g/mol. The zero-order valence-electron chi connectivity index (χ0n) is 8.74. The maximum Gasteiger partial charge on any atom is 0.136 e. The molecule has 1 aromatic carbocycles. The Balaban J connectivity index is 2.10. The molecule has 0 atom stereocenters. The van der Waals surface area contributed by atoms with Crippen molar-refractivity contribution in [2.24, 2.45) is 0 Å². The Bertz CT molecular complexity index is 369. The summed E-state index contributed by atoms with van der Waals surface area (Å²) in [5.74, 6) is 6.04. The van der Waals surface area contributed by atoms with E-state index in [1.165, 1.54) is 0 Å². The highest BCUT2D eigenvalue weighted by Gasteiger charge is 2.28. The van der Waals surface area contributed by atoms with E-state index in [1.54, 1.807) is 0 Å². The van der Waals surface area contributed by atoms with E-state index >= 15 is 0 Å². The van der Waals surface area contributed by atoms with Gasteiger partial charge in [0.25, 0.3) is 0 Å². The van der Waals surface area contributed by atoms with Crippen LogP contribution in [0.25, 0.3) is 0 Å². The van der Waals surface area contributed by atoms with Gasteiger partial charge >= 0.3 is 0 Å². The Kier molecular flexibility index (Phi) is 3.05. The summed E-state index contributed by atoms with van der Waals surface area (Å²) < 4.78 is 0. The molecule has 0 unspecified atom stereocenters. The Morgan fingerprint density at radius 1 is 1.13 bits per heavy atom. The van der Waals surface area contributed by atoms with Crippen LogP contribution >= 0.6 is 0 Å².